The van der Waals surface area contributed by atoms with E-state index in [-0.39, 0.29) is 6.09 Å². The lowest BCUT2D eigenvalue weighted by molar-refractivity contribution is 0.0286. The van der Waals surface area contributed by atoms with E-state index in [1.807, 2.05) is 26.8 Å². The van der Waals surface area contributed by atoms with Gasteiger partial charge in [-0.25, -0.2) is 4.79 Å². The minimum atomic E-state index is -0.491. The fourth-order valence-corrected chi connectivity index (χ4v) is 2.06. The zero-order valence-electron chi connectivity index (χ0n) is 10.5. The summed E-state index contributed by atoms with van der Waals surface area (Å²) in [5, 5.41) is 0. The third-order valence-electron chi connectivity index (χ3n) is 1.90. The Bertz CT molecular complexity index is 406. The highest BCUT2D eigenvalue weighted by Gasteiger charge is 2.19. The van der Waals surface area contributed by atoms with Gasteiger partial charge < -0.3 is 9.64 Å². The van der Waals surface area contributed by atoms with Gasteiger partial charge in [-0.15, -0.1) is 11.3 Å². The summed E-state index contributed by atoms with van der Waals surface area (Å²) < 4.78 is 5.23. The van der Waals surface area contributed by atoms with Crippen molar-refractivity contribution in [1.82, 2.24) is 4.90 Å². The predicted octanol–water partition coefficient (Wildman–Crippen LogP) is 2.93. The molecule has 0 fully saturated rings. The fraction of sp³-hybridized carbons (Fsp3) is 0.500. The van der Waals surface area contributed by atoms with E-state index in [9.17, 15) is 9.59 Å². The molecule has 1 rings (SSSR count). The molecule has 0 N–H and O–H groups in total. The van der Waals surface area contributed by atoms with Crippen molar-refractivity contribution >= 4 is 23.7 Å². The minimum Gasteiger partial charge on any atom is -0.444 e. The average molecular weight is 255 g/mol. The Morgan fingerprint density at radius 2 is 2.12 bits per heavy atom. The average Bonchev–Trinajstić information content (AvgIpc) is 2.62. The Morgan fingerprint density at radius 3 is 2.59 bits per heavy atom. The van der Waals surface area contributed by atoms with Gasteiger partial charge in [-0.05, 0) is 32.9 Å². The number of thiophene rings is 1. The second-order valence-electron chi connectivity index (χ2n) is 4.76. The Balaban J connectivity index is 2.56. The number of carbonyl (C=O) groups excluding carboxylic acids is 2. The maximum atomic E-state index is 11.7. The molecule has 0 aliphatic carbocycles. The van der Waals surface area contributed by atoms with E-state index in [0.717, 1.165) is 11.2 Å². The number of amides is 1. The van der Waals surface area contributed by atoms with Crippen LogP contribution in [0.25, 0.3) is 0 Å². The van der Waals surface area contributed by atoms with Crippen molar-refractivity contribution in [1.29, 1.82) is 0 Å². The van der Waals surface area contributed by atoms with Crippen LogP contribution < -0.4 is 0 Å². The first-order valence-electron chi connectivity index (χ1n) is 5.30. The zero-order valence-corrected chi connectivity index (χ0v) is 11.3. The number of nitrogens with zero attached hydrogens (tertiary/aromatic N) is 1. The molecule has 17 heavy (non-hydrogen) atoms. The maximum Gasteiger partial charge on any atom is 0.410 e. The molecule has 0 aliphatic heterocycles. The molecule has 0 atom stereocenters. The molecule has 0 aromatic carbocycles. The van der Waals surface area contributed by atoms with Gasteiger partial charge in [-0.1, -0.05) is 0 Å². The molecule has 1 aromatic rings. The number of aldehydes is 1. The quantitative estimate of drug-likeness (QED) is 0.780. The molecule has 0 unspecified atom stereocenters. The van der Waals surface area contributed by atoms with Crippen molar-refractivity contribution in [3.63, 3.8) is 0 Å². The Morgan fingerprint density at radius 1 is 1.47 bits per heavy atom. The summed E-state index contributed by atoms with van der Waals surface area (Å²) in [6.45, 7) is 5.94. The van der Waals surface area contributed by atoms with Gasteiger partial charge in [0.15, 0.2) is 6.29 Å². The Hall–Kier alpha value is -1.36. The smallest absolute Gasteiger partial charge is 0.410 e. The van der Waals surface area contributed by atoms with E-state index in [1.165, 1.54) is 16.2 Å². The third-order valence-corrected chi connectivity index (χ3v) is 2.89. The lowest BCUT2D eigenvalue weighted by Gasteiger charge is -2.24. The molecule has 94 valence electrons. The highest BCUT2D eigenvalue weighted by atomic mass is 32.1. The Kier molecular flexibility index (Phi) is 4.28. The number of ether oxygens (including phenoxy) is 1. The molecule has 4 nitrogen and oxygen atoms in total. The molecule has 0 aliphatic rings. The van der Waals surface area contributed by atoms with Crippen LogP contribution >= 0.6 is 11.3 Å². The summed E-state index contributed by atoms with van der Waals surface area (Å²) in [6, 6.07) is 3.59. The first kappa shape index (κ1) is 13.7. The molecule has 1 aromatic heterocycles. The van der Waals surface area contributed by atoms with Crippen molar-refractivity contribution in [2.75, 3.05) is 7.05 Å². The minimum absolute atomic E-state index is 0.362. The van der Waals surface area contributed by atoms with Gasteiger partial charge in [0, 0.05) is 11.9 Å². The summed E-state index contributed by atoms with van der Waals surface area (Å²) in [4.78, 5) is 25.3. The van der Waals surface area contributed by atoms with Gasteiger partial charge in [0.1, 0.15) is 5.60 Å². The van der Waals surface area contributed by atoms with Crippen LogP contribution in [0.5, 0.6) is 0 Å². The van der Waals surface area contributed by atoms with Crippen LogP contribution in [0, 0.1) is 0 Å². The number of carbonyl (C=O) groups is 2. The molecular weight excluding hydrogens is 238 g/mol. The molecule has 0 radical (unpaired) electrons. The van der Waals surface area contributed by atoms with Crippen LogP contribution in [-0.4, -0.2) is 29.9 Å². The monoisotopic (exact) mass is 255 g/mol. The van der Waals surface area contributed by atoms with E-state index < -0.39 is 5.60 Å². The molecule has 0 saturated carbocycles. The van der Waals surface area contributed by atoms with Crippen LogP contribution in [0.15, 0.2) is 12.1 Å². The zero-order chi connectivity index (χ0) is 13.1. The lowest BCUT2D eigenvalue weighted by atomic mass is 10.2. The fourth-order valence-electron chi connectivity index (χ4n) is 1.18. The molecular formula is C12H17NO3S. The normalized spacial score (nSPS) is 11.1. The summed E-state index contributed by atoms with van der Waals surface area (Å²) in [5.41, 5.74) is -0.491. The third kappa shape index (κ3) is 4.56. The van der Waals surface area contributed by atoms with E-state index in [2.05, 4.69) is 0 Å². The van der Waals surface area contributed by atoms with Crippen molar-refractivity contribution < 1.29 is 14.3 Å². The van der Waals surface area contributed by atoms with E-state index >= 15 is 0 Å². The van der Waals surface area contributed by atoms with Crippen molar-refractivity contribution in [2.45, 2.75) is 32.9 Å². The van der Waals surface area contributed by atoms with E-state index in [0.29, 0.717) is 11.4 Å². The SMILES string of the molecule is CN(Cc1ccc(C=O)s1)C(=O)OC(C)(C)C. The summed E-state index contributed by atoms with van der Waals surface area (Å²) in [6.07, 6.45) is 0.445. The molecule has 0 bridgehead atoms. The van der Waals surface area contributed by atoms with Gasteiger partial charge in [-0.2, -0.15) is 0 Å². The molecule has 5 heteroatoms. The second-order valence-corrected chi connectivity index (χ2v) is 5.96. The Labute approximate surface area is 105 Å². The van der Waals surface area contributed by atoms with Crippen LogP contribution in [0.3, 0.4) is 0 Å². The molecule has 1 amide bonds. The van der Waals surface area contributed by atoms with Crippen LogP contribution in [0.2, 0.25) is 0 Å². The van der Waals surface area contributed by atoms with E-state index in [4.69, 9.17) is 4.74 Å². The molecule has 1 heterocycles. The van der Waals surface area contributed by atoms with Crippen molar-refractivity contribution in [3.05, 3.63) is 21.9 Å². The van der Waals surface area contributed by atoms with Crippen LogP contribution in [-0.2, 0) is 11.3 Å². The van der Waals surface area contributed by atoms with Gasteiger partial charge in [-0.3, -0.25) is 4.79 Å². The summed E-state index contributed by atoms with van der Waals surface area (Å²) >= 11 is 1.38. The topological polar surface area (TPSA) is 46.6 Å². The van der Waals surface area contributed by atoms with E-state index in [1.54, 1.807) is 13.1 Å². The number of hydrogen-bond acceptors (Lipinski definition) is 4. The van der Waals surface area contributed by atoms with Crippen molar-refractivity contribution in [3.8, 4) is 0 Å². The largest absolute Gasteiger partial charge is 0.444 e. The van der Waals surface area contributed by atoms with Gasteiger partial charge in [0.2, 0.25) is 0 Å². The van der Waals surface area contributed by atoms with Gasteiger partial charge in [0.25, 0.3) is 0 Å². The summed E-state index contributed by atoms with van der Waals surface area (Å²) in [5.74, 6) is 0. The van der Waals surface area contributed by atoms with Crippen molar-refractivity contribution in [2.24, 2.45) is 0 Å². The first-order chi connectivity index (χ1) is 7.81. The molecule has 0 spiro atoms. The standard InChI is InChI=1S/C12H17NO3S/c1-12(2,3)16-11(15)13(4)7-9-5-6-10(8-14)17-9/h5-6,8H,7H2,1-4H3. The maximum absolute atomic E-state index is 11.7. The van der Waals surface area contributed by atoms with Gasteiger partial charge >= 0.3 is 6.09 Å². The number of hydrogen-bond donors (Lipinski definition) is 0. The highest BCUT2D eigenvalue weighted by molar-refractivity contribution is 7.13. The van der Waals surface area contributed by atoms with Crippen LogP contribution in [0.1, 0.15) is 35.3 Å². The number of rotatable bonds is 3. The van der Waals surface area contributed by atoms with Gasteiger partial charge in [0.05, 0.1) is 11.4 Å². The predicted molar refractivity (Wildman–Crippen MR) is 67.4 cm³/mol. The van der Waals surface area contributed by atoms with Crippen LogP contribution in [0.4, 0.5) is 4.79 Å². The first-order valence-corrected chi connectivity index (χ1v) is 6.11. The second kappa shape index (κ2) is 5.31. The lowest BCUT2D eigenvalue weighted by Crippen LogP contribution is -2.33. The molecule has 0 saturated heterocycles. The highest BCUT2D eigenvalue weighted by Crippen LogP contribution is 2.17. The summed E-state index contributed by atoms with van der Waals surface area (Å²) in [7, 11) is 1.67.